The highest BCUT2D eigenvalue weighted by Crippen LogP contribution is 2.04. The molecule has 0 radical (unpaired) electrons. The Labute approximate surface area is 95.4 Å². The molecule has 0 aromatic heterocycles. The van der Waals surface area contributed by atoms with E-state index in [0.29, 0.717) is 0 Å². The van der Waals surface area contributed by atoms with E-state index >= 15 is 0 Å². The van der Waals surface area contributed by atoms with Crippen LogP contribution in [0.5, 0.6) is 0 Å². The van der Waals surface area contributed by atoms with E-state index in [4.69, 9.17) is 0 Å². The molecule has 3 heteroatoms. The monoisotopic (exact) mass is 220 g/mol. The number of ether oxygens (including phenoxy) is 1. The van der Waals surface area contributed by atoms with E-state index in [1.807, 2.05) is 0 Å². The van der Waals surface area contributed by atoms with Crippen LogP contribution in [0.1, 0.15) is 31.7 Å². The van der Waals surface area contributed by atoms with E-state index in [1.54, 1.807) is 0 Å². The molecule has 0 bridgehead atoms. The maximum atomic E-state index is 10.0. The van der Waals surface area contributed by atoms with Crippen LogP contribution in [0, 0.1) is 0 Å². The largest absolute Gasteiger partial charge is 0.393 e. The van der Waals surface area contributed by atoms with Crippen LogP contribution in [0.4, 0.5) is 0 Å². The van der Waals surface area contributed by atoms with Crippen molar-refractivity contribution in [2.45, 2.75) is 32.6 Å². The molecule has 0 unspecified atom stereocenters. The van der Waals surface area contributed by atoms with Gasteiger partial charge in [0.05, 0.1) is 12.8 Å². The maximum Gasteiger partial charge on any atom is 0.314 e. The van der Waals surface area contributed by atoms with Crippen LogP contribution < -0.4 is 0 Å². The first-order valence-electron chi connectivity index (χ1n) is 5.49. The number of hydrogen-bond donors (Lipinski definition) is 0. The SMILES string of the molecule is CCCc1ccccc1.O=C1CCC(=O)O1. The standard InChI is InChI=1S/C9H12.C4H4O3/c1-2-6-9-7-4-3-5-8-9;5-3-1-2-4(6)7-3/h3-5,7-8H,2,6H2,1H3;1-2H2. The molecule has 3 nitrogen and oxygen atoms in total. The Hall–Kier alpha value is -1.64. The second kappa shape index (κ2) is 6.77. The van der Waals surface area contributed by atoms with Crippen LogP contribution in [0.15, 0.2) is 30.3 Å². The molecule has 1 aromatic carbocycles. The number of carbonyl (C=O) groups excluding carboxylic acids is 2. The summed E-state index contributed by atoms with van der Waals surface area (Å²) < 4.78 is 4.08. The molecule has 2 rings (SSSR count). The zero-order valence-electron chi connectivity index (χ0n) is 9.44. The lowest BCUT2D eigenvalue weighted by atomic mass is 10.1. The smallest absolute Gasteiger partial charge is 0.314 e. The summed E-state index contributed by atoms with van der Waals surface area (Å²) in [6, 6.07) is 10.6. The lowest BCUT2D eigenvalue weighted by Gasteiger charge is -1.93. The zero-order chi connectivity index (χ0) is 11.8. The lowest BCUT2D eigenvalue weighted by molar-refractivity contribution is -0.151. The third-order valence-corrected chi connectivity index (χ3v) is 2.14. The summed E-state index contributed by atoms with van der Waals surface area (Å²) >= 11 is 0. The van der Waals surface area contributed by atoms with Crippen LogP contribution in [0.2, 0.25) is 0 Å². The molecule has 86 valence electrons. The minimum absolute atomic E-state index is 0.263. The van der Waals surface area contributed by atoms with Gasteiger partial charge in [0, 0.05) is 0 Å². The second-order valence-electron chi connectivity index (χ2n) is 3.58. The third kappa shape index (κ3) is 4.73. The maximum absolute atomic E-state index is 10.0. The molecule has 16 heavy (non-hydrogen) atoms. The van der Waals surface area contributed by atoms with Gasteiger partial charge < -0.3 is 4.74 Å². The number of benzene rings is 1. The minimum atomic E-state index is -0.398. The quantitative estimate of drug-likeness (QED) is 0.568. The molecular weight excluding hydrogens is 204 g/mol. The molecule has 1 saturated heterocycles. The number of hydrogen-bond acceptors (Lipinski definition) is 3. The summed E-state index contributed by atoms with van der Waals surface area (Å²) in [5.74, 6) is -0.796. The topological polar surface area (TPSA) is 43.4 Å². The molecule has 1 aromatic rings. The van der Waals surface area contributed by atoms with E-state index < -0.39 is 11.9 Å². The molecule has 0 N–H and O–H groups in total. The first kappa shape index (κ1) is 12.4. The normalized spacial score (nSPS) is 14.1. The molecule has 1 aliphatic heterocycles. The van der Waals surface area contributed by atoms with Crippen molar-refractivity contribution in [2.75, 3.05) is 0 Å². The summed E-state index contributed by atoms with van der Waals surface area (Å²) in [6.45, 7) is 2.20. The van der Waals surface area contributed by atoms with Gasteiger partial charge in [-0.25, -0.2) is 0 Å². The average molecular weight is 220 g/mol. The molecule has 1 heterocycles. The summed E-state index contributed by atoms with van der Waals surface area (Å²) in [6.07, 6.45) is 2.97. The molecule has 0 saturated carbocycles. The van der Waals surface area contributed by atoms with Gasteiger partial charge in [-0.1, -0.05) is 43.7 Å². The Morgan fingerprint density at radius 1 is 1.06 bits per heavy atom. The van der Waals surface area contributed by atoms with Crippen LogP contribution in [-0.4, -0.2) is 11.9 Å². The van der Waals surface area contributed by atoms with Crippen molar-refractivity contribution in [3.63, 3.8) is 0 Å². The van der Waals surface area contributed by atoms with E-state index in [0.717, 1.165) is 0 Å². The molecule has 1 fully saturated rings. The Bertz CT molecular complexity index is 329. The van der Waals surface area contributed by atoms with Crippen LogP contribution in [0.25, 0.3) is 0 Å². The molecule has 0 atom stereocenters. The number of esters is 2. The van der Waals surface area contributed by atoms with Crippen molar-refractivity contribution in [1.29, 1.82) is 0 Å². The van der Waals surface area contributed by atoms with Gasteiger partial charge in [0.1, 0.15) is 0 Å². The van der Waals surface area contributed by atoms with Crippen molar-refractivity contribution in [3.05, 3.63) is 35.9 Å². The van der Waals surface area contributed by atoms with Gasteiger partial charge in [-0.3, -0.25) is 9.59 Å². The second-order valence-corrected chi connectivity index (χ2v) is 3.58. The summed E-state index contributed by atoms with van der Waals surface area (Å²) in [5.41, 5.74) is 1.44. The molecule has 0 aliphatic carbocycles. The number of rotatable bonds is 2. The Morgan fingerprint density at radius 2 is 1.62 bits per heavy atom. The van der Waals surface area contributed by atoms with Crippen molar-refractivity contribution < 1.29 is 14.3 Å². The van der Waals surface area contributed by atoms with Gasteiger partial charge in [0.25, 0.3) is 0 Å². The number of cyclic esters (lactones) is 2. The lowest BCUT2D eigenvalue weighted by Crippen LogP contribution is -1.94. The highest BCUT2D eigenvalue weighted by molar-refractivity contribution is 5.92. The van der Waals surface area contributed by atoms with Gasteiger partial charge >= 0.3 is 11.9 Å². The average Bonchev–Trinajstić information content (AvgIpc) is 2.65. The Balaban J connectivity index is 0.000000165. The van der Waals surface area contributed by atoms with Crippen LogP contribution in [0.3, 0.4) is 0 Å². The Morgan fingerprint density at radius 3 is 2.00 bits per heavy atom. The van der Waals surface area contributed by atoms with Crippen LogP contribution >= 0.6 is 0 Å². The molecule has 0 spiro atoms. The fourth-order valence-corrected chi connectivity index (χ4v) is 1.37. The van der Waals surface area contributed by atoms with E-state index in [-0.39, 0.29) is 12.8 Å². The van der Waals surface area contributed by atoms with Crippen molar-refractivity contribution in [3.8, 4) is 0 Å². The van der Waals surface area contributed by atoms with Gasteiger partial charge in [-0.2, -0.15) is 0 Å². The number of carbonyl (C=O) groups is 2. The van der Waals surface area contributed by atoms with Crippen molar-refractivity contribution >= 4 is 11.9 Å². The van der Waals surface area contributed by atoms with Crippen LogP contribution in [-0.2, 0) is 20.7 Å². The fourth-order valence-electron chi connectivity index (χ4n) is 1.37. The highest BCUT2D eigenvalue weighted by atomic mass is 16.6. The third-order valence-electron chi connectivity index (χ3n) is 2.14. The van der Waals surface area contributed by atoms with E-state index in [2.05, 4.69) is 42.0 Å². The van der Waals surface area contributed by atoms with Crippen molar-refractivity contribution in [1.82, 2.24) is 0 Å². The summed E-state index contributed by atoms with van der Waals surface area (Å²) in [7, 11) is 0. The molecule has 0 amide bonds. The van der Waals surface area contributed by atoms with Gasteiger partial charge in [-0.15, -0.1) is 0 Å². The fraction of sp³-hybridized carbons (Fsp3) is 0.385. The first-order valence-corrected chi connectivity index (χ1v) is 5.49. The minimum Gasteiger partial charge on any atom is -0.393 e. The van der Waals surface area contributed by atoms with Gasteiger partial charge in [0.2, 0.25) is 0 Å². The highest BCUT2D eigenvalue weighted by Gasteiger charge is 2.19. The summed E-state index contributed by atoms with van der Waals surface area (Å²) in [5, 5.41) is 0. The Kier molecular flexibility index (Phi) is 5.26. The molecular formula is C13H16O3. The summed E-state index contributed by atoms with van der Waals surface area (Å²) in [4.78, 5) is 20.0. The zero-order valence-corrected chi connectivity index (χ0v) is 9.44. The molecule has 1 aliphatic rings. The van der Waals surface area contributed by atoms with E-state index in [1.165, 1.54) is 18.4 Å². The van der Waals surface area contributed by atoms with E-state index in [9.17, 15) is 9.59 Å². The number of aryl methyl sites for hydroxylation is 1. The van der Waals surface area contributed by atoms with Crippen molar-refractivity contribution in [2.24, 2.45) is 0 Å². The predicted molar refractivity (Wildman–Crippen MR) is 60.8 cm³/mol. The van der Waals surface area contributed by atoms with Gasteiger partial charge in [0.15, 0.2) is 0 Å². The first-order chi connectivity index (χ1) is 7.72. The predicted octanol–water partition coefficient (Wildman–Crippen LogP) is 2.49. The van der Waals surface area contributed by atoms with Gasteiger partial charge in [-0.05, 0) is 12.0 Å².